The minimum Gasteiger partial charge on any atom is -0.263 e. The van der Waals surface area contributed by atoms with E-state index in [1.165, 1.54) is 27.5 Å². The molecule has 0 amide bonds. The van der Waals surface area contributed by atoms with Crippen molar-refractivity contribution in [1.29, 1.82) is 0 Å². The predicted molar refractivity (Wildman–Crippen MR) is 152 cm³/mol. The average Bonchev–Trinajstić information content (AvgIpc) is 3.22. The van der Waals surface area contributed by atoms with Gasteiger partial charge in [-0.25, -0.2) is 4.99 Å². The van der Waals surface area contributed by atoms with Crippen LogP contribution >= 0.6 is 0 Å². The SMILES string of the molecule is CC1=NC(c2ccc(-c3cccc4ccccc34)cc2)CC(c2ccc(C3=CN=CC=C=C3)cc2)=N1. The molecule has 1 atom stereocenters. The third-order valence-corrected chi connectivity index (χ3v) is 6.68. The topological polar surface area (TPSA) is 37.1 Å². The number of aliphatic imine (C=N–C) groups is 3. The third-order valence-electron chi connectivity index (χ3n) is 6.68. The molecule has 2 aliphatic heterocycles. The van der Waals surface area contributed by atoms with Gasteiger partial charge in [0.15, 0.2) is 0 Å². The van der Waals surface area contributed by atoms with Gasteiger partial charge < -0.3 is 0 Å². The van der Waals surface area contributed by atoms with E-state index >= 15 is 0 Å². The number of nitrogens with zero attached hydrogens (tertiary/aromatic N) is 3. The zero-order valence-electron chi connectivity index (χ0n) is 20.1. The molecular formula is C33H25N3. The van der Waals surface area contributed by atoms with Crippen LogP contribution in [-0.4, -0.2) is 17.8 Å². The van der Waals surface area contributed by atoms with Crippen LogP contribution in [0.4, 0.5) is 0 Å². The van der Waals surface area contributed by atoms with Crippen molar-refractivity contribution in [2.75, 3.05) is 0 Å². The molecule has 172 valence electrons. The maximum absolute atomic E-state index is 4.87. The van der Waals surface area contributed by atoms with E-state index in [1.54, 1.807) is 6.21 Å². The van der Waals surface area contributed by atoms with Crippen molar-refractivity contribution >= 4 is 34.1 Å². The molecule has 6 rings (SSSR count). The summed E-state index contributed by atoms with van der Waals surface area (Å²) in [5.41, 5.74) is 11.2. The van der Waals surface area contributed by atoms with Gasteiger partial charge in [0.1, 0.15) is 5.84 Å². The fourth-order valence-corrected chi connectivity index (χ4v) is 4.86. The van der Waals surface area contributed by atoms with Crippen LogP contribution in [0.3, 0.4) is 0 Å². The molecule has 2 heterocycles. The Balaban J connectivity index is 1.24. The van der Waals surface area contributed by atoms with Gasteiger partial charge in [-0.3, -0.25) is 9.98 Å². The Hall–Kier alpha value is -4.59. The van der Waals surface area contributed by atoms with Crippen molar-refractivity contribution in [3.05, 3.63) is 132 Å². The minimum atomic E-state index is 0.0608. The first-order valence-corrected chi connectivity index (χ1v) is 12.2. The van der Waals surface area contributed by atoms with E-state index in [9.17, 15) is 0 Å². The number of benzene rings is 4. The van der Waals surface area contributed by atoms with Crippen LogP contribution < -0.4 is 0 Å². The molecule has 2 aliphatic rings. The van der Waals surface area contributed by atoms with E-state index in [1.807, 2.05) is 25.3 Å². The van der Waals surface area contributed by atoms with E-state index in [0.29, 0.717) is 0 Å². The Kier molecular flexibility index (Phi) is 5.83. The highest BCUT2D eigenvalue weighted by Gasteiger charge is 2.20. The van der Waals surface area contributed by atoms with Gasteiger partial charge in [0, 0.05) is 24.4 Å². The lowest BCUT2D eigenvalue weighted by Gasteiger charge is -2.20. The Morgan fingerprint density at radius 3 is 2.39 bits per heavy atom. The van der Waals surface area contributed by atoms with Crippen LogP contribution in [0.5, 0.6) is 0 Å². The lowest BCUT2D eigenvalue weighted by Crippen LogP contribution is -2.15. The second-order valence-electron chi connectivity index (χ2n) is 9.04. The van der Waals surface area contributed by atoms with Crippen molar-refractivity contribution in [3.63, 3.8) is 0 Å². The number of fused-ring (bicyclic) bond motifs is 1. The highest BCUT2D eigenvalue weighted by molar-refractivity contribution is 6.09. The van der Waals surface area contributed by atoms with Gasteiger partial charge in [-0.2, -0.15) is 0 Å². The van der Waals surface area contributed by atoms with Crippen LogP contribution in [0.25, 0.3) is 27.5 Å². The van der Waals surface area contributed by atoms with Gasteiger partial charge in [0.05, 0.1) is 11.8 Å². The van der Waals surface area contributed by atoms with Crippen LogP contribution in [0, 0.1) is 0 Å². The van der Waals surface area contributed by atoms with Crippen LogP contribution in [0.1, 0.15) is 36.1 Å². The summed E-state index contributed by atoms with van der Waals surface area (Å²) in [7, 11) is 0. The summed E-state index contributed by atoms with van der Waals surface area (Å²) in [5.74, 6) is 0.817. The Morgan fingerprint density at radius 2 is 1.53 bits per heavy atom. The lowest BCUT2D eigenvalue weighted by atomic mass is 9.93. The molecule has 3 heteroatoms. The van der Waals surface area contributed by atoms with E-state index in [-0.39, 0.29) is 6.04 Å². The smallest absolute Gasteiger partial charge is 0.121 e. The highest BCUT2D eigenvalue weighted by Crippen LogP contribution is 2.32. The minimum absolute atomic E-state index is 0.0608. The zero-order valence-corrected chi connectivity index (χ0v) is 20.1. The summed E-state index contributed by atoms with van der Waals surface area (Å²) in [6, 6.07) is 32.5. The number of rotatable bonds is 4. The average molecular weight is 464 g/mol. The molecule has 1 unspecified atom stereocenters. The Bertz CT molecular complexity index is 1620. The summed E-state index contributed by atoms with van der Waals surface area (Å²) < 4.78 is 0. The van der Waals surface area contributed by atoms with Gasteiger partial charge in [0.2, 0.25) is 0 Å². The predicted octanol–water partition coefficient (Wildman–Crippen LogP) is 8.00. The maximum atomic E-state index is 4.87. The van der Waals surface area contributed by atoms with E-state index in [0.717, 1.165) is 34.7 Å². The second kappa shape index (κ2) is 9.58. The van der Waals surface area contributed by atoms with Crippen molar-refractivity contribution in [2.24, 2.45) is 15.0 Å². The van der Waals surface area contributed by atoms with Crippen molar-refractivity contribution in [3.8, 4) is 11.1 Å². The van der Waals surface area contributed by atoms with Gasteiger partial charge in [-0.05, 0) is 57.7 Å². The first-order chi connectivity index (χ1) is 17.7. The zero-order chi connectivity index (χ0) is 24.3. The molecule has 0 spiro atoms. The summed E-state index contributed by atoms with van der Waals surface area (Å²) >= 11 is 0. The first-order valence-electron chi connectivity index (χ1n) is 12.2. The van der Waals surface area contributed by atoms with Crippen molar-refractivity contribution < 1.29 is 0 Å². The van der Waals surface area contributed by atoms with Crippen LogP contribution in [-0.2, 0) is 0 Å². The number of allylic oxidation sites excluding steroid dienone is 2. The first kappa shape index (κ1) is 21.9. The fraction of sp³-hybridized carbons (Fsp3) is 0.0909. The Morgan fingerprint density at radius 1 is 0.778 bits per heavy atom. The number of amidine groups is 1. The normalized spacial score (nSPS) is 16.9. The third kappa shape index (κ3) is 4.40. The molecule has 0 bridgehead atoms. The van der Waals surface area contributed by atoms with Crippen LogP contribution in [0.2, 0.25) is 0 Å². The second-order valence-corrected chi connectivity index (χ2v) is 9.04. The summed E-state index contributed by atoms with van der Waals surface area (Å²) in [4.78, 5) is 13.9. The molecular weight excluding hydrogens is 438 g/mol. The molecule has 4 aromatic rings. The van der Waals surface area contributed by atoms with Crippen molar-refractivity contribution in [1.82, 2.24) is 0 Å². The van der Waals surface area contributed by atoms with Gasteiger partial charge in [0.25, 0.3) is 0 Å². The Labute approximate surface area is 211 Å². The largest absolute Gasteiger partial charge is 0.263 e. The molecule has 3 nitrogen and oxygen atoms in total. The lowest BCUT2D eigenvalue weighted by molar-refractivity contribution is 0.752. The van der Waals surface area contributed by atoms with E-state index in [2.05, 4.69) is 102 Å². The summed E-state index contributed by atoms with van der Waals surface area (Å²) in [6.45, 7) is 1.98. The molecule has 0 saturated heterocycles. The van der Waals surface area contributed by atoms with Crippen molar-refractivity contribution in [2.45, 2.75) is 19.4 Å². The quantitative estimate of drug-likeness (QED) is 0.275. The fourth-order valence-electron chi connectivity index (χ4n) is 4.86. The van der Waals surface area contributed by atoms with Gasteiger partial charge in [-0.1, -0.05) is 91.0 Å². The maximum Gasteiger partial charge on any atom is 0.121 e. The molecule has 0 N–H and O–H groups in total. The monoisotopic (exact) mass is 463 g/mol. The standard InChI is InChI=1S/C33H25N3/c1-23-35-32(27-16-12-24(13-17-27)29-8-4-5-20-34-22-29)21-33(36-23)28-18-14-26(15-19-28)31-11-6-9-25-7-2-3-10-30(25)31/h2-3,5-20,22,33H,21H2,1H3. The number of hydrogen-bond donors (Lipinski definition) is 0. The molecule has 0 radical (unpaired) electrons. The molecule has 36 heavy (non-hydrogen) atoms. The molecule has 0 aromatic heterocycles. The van der Waals surface area contributed by atoms with E-state index in [4.69, 9.17) is 9.98 Å². The van der Waals surface area contributed by atoms with E-state index < -0.39 is 0 Å². The number of hydrogen-bond acceptors (Lipinski definition) is 3. The highest BCUT2D eigenvalue weighted by atomic mass is 15.0. The molecule has 0 fully saturated rings. The van der Waals surface area contributed by atoms with Crippen LogP contribution in [0.15, 0.2) is 130 Å². The molecule has 0 saturated carbocycles. The summed E-state index contributed by atoms with van der Waals surface area (Å²) in [6.07, 6.45) is 8.14. The van der Waals surface area contributed by atoms with Gasteiger partial charge >= 0.3 is 0 Å². The molecule has 4 aromatic carbocycles. The summed E-state index contributed by atoms with van der Waals surface area (Å²) in [5, 5.41) is 2.53. The molecule has 0 aliphatic carbocycles. The van der Waals surface area contributed by atoms with Gasteiger partial charge in [-0.15, -0.1) is 5.73 Å².